The molecule has 116 valence electrons. The van der Waals surface area contributed by atoms with Gasteiger partial charge in [-0.05, 0) is 81.3 Å². The van der Waals surface area contributed by atoms with E-state index in [4.69, 9.17) is 4.74 Å². The van der Waals surface area contributed by atoms with Gasteiger partial charge in [0.25, 0.3) is 0 Å². The second-order valence-electron chi connectivity index (χ2n) is 7.08. The summed E-state index contributed by atoms with van der Waals surface area (Å²) in [4.78, 5) is 0. The Morgan fingerprint density at radius 1 is 1.25 bits per heavy atom. The van der Waals surface area contributed by atoms with E-state index < -0.39 is 0 Å². The zero-order valence-corrected chi connectivity index (χ0v) is 13.9. The van der Waals surface area contributed by atoms with Crippen LogP contribution in [0.3, 0.4) is 0 Å². The fourth-order valence-electron chi connectivity index (χ4n) is 4.15. The quantitative estimate of drug-likeness (QED) is 0.804. The minimum absolute atomic E-state index is 0.279. The minimum Gasteiger partial charge on any atom is -0.375 e. The molecule has 0 amide bonds. The van der Waals surface area contributed by atoms with Crippen LogP contribution in [0.2, 0.25) is 0 Å². The van der Waals surface area contributed by atoms with E-state index >= 15 is 0 Å². The van der Waals surface area contributed by atoms with Crippen LogP contribution in [0.1, 0.15) is 58.3 Å². The summed E-state index contributed by atoms with van der Waals surface area (Å²) in [7, 11) is 0. The Kier molecular flexibility index (Phi) is 5.33. The number of thioether (sulfide) groups is 1. The van der Waals surface area contributed by atoms with Crippen LogP contribution in [0.25, 0.3) is 0 Å². The average Bonchev–Trinajstić information content (AvgIpc) is 3.29. The predicted molar refractivity (Wildman–Crippen MR) is 87.4 cm³/mol. The second kappa shape index (κ2) is 7.02. The molecule has 0 bridgehead atoms. The normalized spacial score (nSPS) is 31.4. The lowest BCUT2D eigenvalue weighted by Crippen LogP contribution is -2.43. The lowest BCUT2D eigenvalue weighted by molar-refractivity contribution is -0.103. The maximum atomic E-state index is 6.22. The summed E-state index contributed by atoms with van der Waals surface area (Å²) in [6, 6.07) is 0.806. The van der Waals surface area contributed by atoms with Crippen LogP contribution in [-0.4, -0.2) is 36.3 Å². The van der Waals surface area contributed by atoms with Crippen molar-refractivity contribution in [2.75, 3.05) is 24.7 Å². The lowest BCUT2D eigenvalue weighted by Gasteiger charge is -2.43. The van der Waals surface area contributed by atoms with E-state index in [1.807, 2.05) is 0 Å². The van der Waals surface area contributed by atoms with E-state index in [0.717, 1.165) is 31.0 Å². The SMILES string of the molecule is CCNC(CCC1CCOC2(CCSCC2)C1)C1CC1. The Bertz CT molecular complexity index is 294. The van der Waals surface area contributed by atoms with Crippen LogP contribution in [0.5, 0.6) is 0 Å². The van der Waals surface area contributed by atoms with Gasteiger partial charge in [-0.1, -0.05) is 6.92 Å². The molecule has 2 nitrogen and oxygen atoms in total. The Labute approximate surface area is 128 Å². The molecule has 3 heteroatoms. The average molecular weight is 298 g/mol. The van der Waals surface area contributed by atoms with E-state index in [1.54, 1.807) is 0 Å². The van der Waals surface area contributed by atoms with Gasteiger partial charge in [-0.2, -0.15) is 11.8 Å². The molecule has 2 unspecified atom stereocenters. The molecule has 20 heavy (non-hydrogen) atoms. The Hall–Kier alpha value is 0.270. The third kappa shape index (κ3) is 3.92. The van der Waals surface area contributed by atoms with E-state index in [0.29, 0.717) is 0 Å². The summed E-state index contributed by atoms with van der Waals surface area (Å²) in [6.07, 6.45) is 11.0. The summed E-state index contributed by atoms with van der Waals surface area (Å²) in [5.74, 6) is 4.55. The van der Waals surface area contributed by atoms with Crippen molar-refractivity contribution in [2.45, 2.75) is 69.9 Å². The molecule has 0 aromatic carbocycles. The summed E-state index contributed by atoms with van der Waals surface area (Å²) < 4.78 is 6.22. The first kappa shape index (κ1) is 15.2. The third-order valence-corrected chi connectivity index (χ3v) is 6.53. The minimum atomic E-state index is 0.279. The van der Waals surface area contributed by atoms with E-state index in [-0.39, 0.29) is 5.60 Å². The Balaban J connectivity index is 1.47. The molecule has 2 saturated heterocycles. The van der Waals surface area contributed by atoms with Gasteiger partial charge in [0.05, 0.1) is 5.60 Å². The van der Waals surface area contributed by atoms with Crippen LogP contribution in [0.15, 0.2) is 0 Å². The first-order valence-electron chi connectivity index (χ1n) is 8.76. The zero-order chi connectivity index (χ0) is 13.8. The van der Waals surface area contributed by atoms with Gasteiger partial charge >= 0.3 is 0 Å². The monoisotopic (exact) mass is 297 g/mol. The molecule has 3 rings (SSSR count). The van der Waals surface area contributed by atoms with Crippen molar-refractivity contribution in [3.05, 3.63) is 0 Å². The molecule has 1 spiro atoms. The summed E-state index contributed by atoms with van der Waals surface area (Å²) >= 11 is 2.11. The van der Waals surface area contributed by atoms with Gasteiger partial charge in [0.2, 0.25) is 0 Å². The van der Waals surface area contributed by atoms with E-state index in [1.165, 1.54) is 62.9 Å². The summed E-state index contributed by atoms with van der Waals surface area (Å²) in [5.41, 5.74) is 0.279. The van der Waals surface area contributed by atoms with Gasteiger partial charge in [0.1, 0.15) is 0 Å². The van der Waals surface area contributed by atoms with Crippen LogP contribution in [0.4, 0.5) is 0 Å². The van der Waals surface area contributed by atoms with Crippen molar-refractivity contribution >= 4 is 11.8 Å². The van der Waals surface area contributed by atoms with Gasteiger partial charge in [0, 0.05) is 12.6 Å². The first-order valence-corrected chi connectivity index (χ1v) is 9.92. The molecule has 2 aliphatic heterocycles. The maximum Gasteiger partial charge on any atom is 0.0700 e. The van der Waals surface area contributed by atoms with Gasteiger partial charge in [-0.3, -0.25) is 0 Å². The smallest absolute Gasteiger partial charge is 0.0700 e. The fraction of sp³-hybridized carbons (Fsp3) is 1.00. The molecule has 0 aromatic heterocycles. The molecule has 2 atom stereocenters. The van der Waals surface area contributed by atoms with Crippen LogP contribution >= 0.6 is 11.8 Å². The molecule has 1 saturated carbocycles. The molecule has 3 aliphatic rings. The Morgan fingerprint density at radius 2 is 2.05 bits per heavy atom. The lowest BCUT2D eigenvalue weighted by atomic mass is 9.79. The number of hydrogen-bond acceptors (Lipinski definition) is 3. The van der Waals surface area contributed by atoms with Crippen molar-refractivity contribution in [2.24, 2.45) is 11.8 Å². The highest BCUT2D eigenvalue weighted by atomic mass is 32.2. The van der Waals surface area contributed by atoms with Crippen molar-refractivity contribution < 1.29 is 4.74 Å². The fourth-order valence-corrected chi connectivity index (χ4v) is 5.38. The van der Waals surface area contributed by atoms with Crippen LogP contribution in [0, 0.1) is 11.8 Å². The van der Waals surface area contributed by atoms with Gasteiger partial charge in [-0.25, -0.2) is 0 Å². The van der Waals surface area contributed by atoms with Gasteiger partial charge < -0.3 is 10.1 Å². The number of rotatable bonds is 6. The van der Waals surface area contributed by atoms with Gasteiger partial charge in [0.15, 0.2) is 0 Å². The highest BCUT2D eigenvalue weighted by Gasteiger charge is 2.39. The van der Waals surface area contributed by atoms with Crippen molar-refractivity contribution in [3.63, 3.8) is 0 Å². The number of nitrogens with one attached hydrogen (secondary N) is 1. The Morgan fingerprint density at radius 3 is 2.75 bits per heavy atom. The van der Waals surface area contributed by atoms with Crippen LogP contribution in [-0.2, 0) is 4.74 Å². The molecule has 0 radical (unpaired) electrons. The summed E-state index contributed by atoms with van der Waals surface area (Å²) in [5, 5.41) is 3.72. The number of hydrogen-bond donors (Lipinski definition) is 1. The number of ether oxygens (including phenoxy) is 1. The highest BCUT2D eigenvalue weighted by Crippen LogP contribution is 2.42. The predicted octanol–water partition coefficient (Wildman–Crippen LogP) is 3.85. The van der Waals surface area contributed by atoms with Crippen LogP contribution < -0.4 is 5.32 Å². The second-order valence-corrected chi connectivity index (χ2v) is 8.31. The largest absolute Gasteiger partial charge is 0.375 e. The standard InChI is InChI=1S/C17H31NOS/c1-2-18-16(15-4-5-15)6-3-14-7-10-19-17(13-14)8-11-20-12-9-17/h14-16,18H,2-13H2,1H3. The zero-order valence-electron chi connectivity index (χ0n) is 13.0. The maximum absolute atomic E-state index is 6.22. The molecular formula is C17H31NOS. The first-order chi connectivity index (χ1) is 9.81. The molecular weight excluding hydrogens is 266 g/mol. The molecule has 1 aliphatic carbocycles. The molecule has 0 aromatic rings. The van der Waals surface area contributed by atoms with E-state index in [2.05, 4.69) is 24.0 Å². The third-order valence-electron chi connectivity index (χ3n) is 5.54. The highest BCUT2D eigenvalue weighted by molar-refractivity contribution is 7.99. The molecule has 2 heterocycles. The van der Waals surface area contributed by atoms with Crippen molar-refractivity contribution in [3.8, 4) is 0 Å². The molecule has 3 fully saturated rings. The summed E-state index contributed by atoms with van der Waals surface area (Å²) in [6.45, 7) is 4.40. The topological polar surface area (TPSA) is 21.3 Å². The molecule has 1 N–H and O–H groups in total. The van der Waals surface area contributed by atoms with E-state index in [9.17, 15) is 0 Å². The van der Waals surface area contributed by atoms with Crippen molar-refractivity contribution in [1.82, 2.24) is 5.32 Å². The van der Waals surface area contributed by atoms with Gasteiger partial charge in [-0.15, -0.1) is 0 Å². The van der Waals surface area contributed by atoms with Crippen molar-refractivity contribution in [1.29, 1.82) is 0 Å².